The number of likely N-dealkylation sites (N-methyl/N-ethyl adjacent to an activating group) is 2. The molecule has 10 atom stereocenters. The minimum Gasteiger partial charge on any atom is -0.463 e. The molecule has 0 radical (unpaired) electrons. The highest BCUT2D eigenvalue weighted by molar-refractivity contribution is 6.04. The van der Waals surface area contributed by atoms with E-state index in [-0.39, 0.29) is 43.5 Å². The minimum atomic E-state index is -1.52. The summed E-state index contributed by atoms with van der Waals surface area (Å²) in [5.74, 6) is -1.90. The van der Waals surface area contributed by atoms with Crippen LogP contribution in [0.25, 0.3) is 0 Å². The number of hydrogen-bond donors (Lipinski definition) is 3. The quantitative estimate of drug-likeness (QED) is 0.281. The van der Waals surface area contributed by atoms with Crippen molar-refractivity contribution in [1.82, 2.24) is 9.80 Å². The first-order valence-electron chi connectivity index (χ1n) is 15.0. The summed E-state index contributed by atoms with van der Waals surface area (Å²) in [6.07, 6.45) is -2.71. The smallest absolute Gasteiger partial charge is 0.319 e. The van der Waals surface area contributed by atoms with Crippen LogP contribution in [0.15, 0.2) is 0 Å². The molecule has 11 heteroatoms. The topological polar surface area (TPSA) is 138 Å². The summed E-state index contributed by atoms with van der Waals surface area (Å²) in [4.78, 5) is 31.4. The molecule has 0 saturated carbocycles. The molecular weight excluding hydrogens is 532 g/mol. The van der Waals surface area contributed by atoms with Crippen molar-refractivity contribution in [1.29, 1.82) is 0 Å². The van der Waals surface area contributed by atoms with Crippen molar-refractivity contribution in [2.24, 2.45) is 17.3 Å². The van der Waals surface area contributed by atoms with E-state index in [4.69, 9.17) is 18.9 Å². The fourth-order valence-electron chi connectivity index (χ4n) is 6.49. The highest BCUT2D eigenvalue weighted by atomic mass is 16.7. The van der Waals surface area contributed by atoms with Gasteiger partial charge in [-0.3, -0.25) is 14.5 Å². The Kier molecular flexibility index (Phi) is 13.2. The Hall–Kier alpha value is -1.18. The zero-order valence-corrected chi connectivity index (χ0v) is 26.8. The van der Waals surface area contributed by atoms with Crippen LogP contribution in [-0.2, 0) is 28.5 Å². The van der Waals surface area contributed by atoms with Crippen molar-refractivity contribution in [2.75, 3.05) is 47.5 Å². The molecule has 0 spiro atoms. The predicted octanol–water partition coefficient (Wildman–Crippen LogP) is 1.45. The first kappa shape index (κ1) is 36.0. The maximum Gasteiger partial charge on any atom is 0.319 e. The van der Waals surface area contributed by atoms with Crippen LogP contribution in [-0.4, -0.2) is 133 Å². The van der Waals surface area contributed by atoms with E-state index in [1.165, 1.54) is 13.8 Å². The van der Waals surface area contributed by atoms with Crippen molar-refractivity contribution >= 4 is 11.8 Å². The molecule has 0 aromatic carbocycles. The number of nitrogens with zero attached hydrogens (tertiary/aromatic N) is 2. The Morgan fingerprint density at radius 2 is 1.80 bits per heavy atom. The van der Waals surface area contributed by atoms with Gasteiger partial charge in [-0.2, -0.15) is 0 Å². The lowest BCUT2D eigenvalue weighted by Crippen LogP contribution is -2.59. The normalized spacial score (nSPS) is 39.0. The monoisotopic (exact) mass is 588 g/mol. The van der Waals surface area contributed by atoms with Gasteiger partial charge >= 0.3 is 5.97 Å². The largest absolute Gasteiger partial charge is 0.463 e. The second-order valence-corrected chi connectivity index (χ2v) is 13.1. The second kappa shape index (κ2) is 15.0. The Morgan fingerprint density at radius 3 is 2.34 bits per heavy atom. The second-order valence-electron chi connectivity index (χ2n) is 13.1. The molecule has 0 amide bonds. The van der Waals surface area contributed by atoms with Gasteiger partial charge < -0.3 is 39.2 Å². The zero-order chi connectivity index (χ0) is 31.3. The Balaban J connectivity index is 2.57. The van der Waals surface area contributed by atoms with Gasteiger partial charge in [-0.1, -0.05) is 20.8 Å². The number of aliphatic hydroxyl groups excluding tert-OH is 3. The zero-order valence-electron chi connectivity index (χ0n) is 26.8. The third-order valence-electron chi connectivity index (χ3n) is 9.05. The molecule has 0 bridgehead atoms. The van der Waals surface area contributed by atoms with Gasteiger partial charge in [0.05, 0.1) is 30.0 Å². The number of ether oxygens (including phenoxy) is 4. The fraction of sp³-hybridized carbons (Fsp3) is 0.933. The standard InChI is InChI=1S/C30H56N2O9/c1-11-32-16-18(2)15-30(7,38-10)26(41-27-24(35)21(31(8)9)14-19(3)40-27)20(4)25(36)29(5,6)28(37)39-17-22(32)23(34)12-13-33/h18-24,26-27,33-35H,11-17H2,1-10H3/t18-,19-,20+,21+,22+,23-,24-,26-,27+,30-/m1/s1. The molecule has 41 heavy (non-hydrogen) atoms. The van der Waals surface area contributed by atoms with Crippen LogP contribution in [0.3, 0.4) is 0 Å². The molecule has 0 aromatic heterocycles. The molecule has 0 unspecified atom stereocenters. The number of esters is 1. The molecule has 0 aromatic rings. The van der Waals surface area contributed by atoms with E-state index in [0.717, 1.165) is 0 Å². The number of rotatable bonds is 8. The van der Waals surface area contributed by atoms with Crippen LogP contribution in [0.1, 0.15) is 67.7 Å². The summed E-state index contributed by atoms with van der Waals surface area (Å²) in [7, 11) is 5.37. The number of carbonyl (C=O) groups excluding carboxylic acids is 2. The molecule has 240 valence electrons. The van der Waals surface area contributed by atoms with Crippen molar-refractivity contribution in [3.63, 3.8) is 0 Å². The minimum absolute atomic E-state index is 0.00670. The van der Waals surface area contributed by atoms with E-state index in [0.29, 0.717) is 25.9 Å². The number of hydrogen-bond acceptors (Lipinski definition) is 11. The summed E-state index contributed by atoms with van der Waals surface area (Å²) in [6.45, 7) is 13.4. The van der Waals surface area contributed by atoms with Crippen molar-refractivity contribution in [3.05, 3.63) is 0 Å². The van der Waals surface area contributed by atoms with Gasteiger partial charge in [0.25, 0.3) is 0 Å². The molecule has 0 aliphatic carbocycles. The summed E-state index contributed by atoms with van der Waals surface area (Å²) in [5, 5.41) is 31.6. The molecule has 2 heterocycles. The lowest BCUT2D eigenvalue weighted by Gasteiger charge is -2.47. The molecule has 3 N–H and O–H groups in total. The van der Waals surface area contributed by atoms with Crippen LogP contribution in [0.2, 0.25) is 0 Å². The van der Waals surface area contributed by atoms with Gasteiger partial charge in [0.2, 0.25) is 0 Å². The van der Waals surface area contributed by atoms with Crippen molar-refractivity contribution in [2.45, 2.75) is 116 Å². The molecule has 2 aliphatic rings. The summed E-state index contributed by atoms with van der Waals surface area (Å²) in [6, 6.07) is -0.761. The number of methoxy groups -OCH3 is 1. The Labute approximate surface area is 246 Å². The fourth-order valence-corrected chi connectivity index (χ4v) is 6.49. The molecular formula is C30H56N2O9. The maximum atomic E-state index is 14.0. The van der Waals surface area contributed by atoms with Gasteiger partial charge in [0.15, 0.2) is 12.1 Å². The third kappa shape index (κ3) is 8.47. The van der Waals surface area contributed by atoms with Crippen LogP contribution in [0.4, 0.5) is 0 Å². The molecule has 2 saturated heterocycles. The number of carbonyl (C=O) groups is 2. The van der Waals surface area contributed by atoms with Gasteiger partial charge in [-0.15, -0.1) is 0 Å². The molecule has 11 nitrogen and oxygen atoms in total. The SMILES string of the molecule is CCN1C[C@H](C)C[C@@](C)(OC)[C@H](O[C@@H]2O[C@H](C)C[C@H](N(C)C)[C@H]2O)[C@@H](C)C(=O)C(C)(C)C(=O)OC[C@H]1[C@H](O)CCO. The van der Waals surface area contributed by atoms with Crippen molar-refractivity contribution < 1.29 is 43.9 Å². The van der Waals surface area contributed by atoms with E-state index >= 15 is 0 Å². The average Bonchev–Trinajstić information content (AvgIpc) is 2.90. The van der Waals surface area contributed by atoms with Gasteiger partial charge in [0.1, 0.15) is 18.1 Å². The third-order valence-corrected chi connectivity index (χ3v) is 9.05. The van der Waals surface area contributed by atoms with Crippen LogP contribution in [0, 0.1) is 17.3 Å². The number of ketones is 1. The molecule has 2 aliphatic heterocycles. The van der Waals surface area contributed by atoms with E-state index in [1.807, 2.05) is 44.7 Å². The number of cyclic esters (lactones) is 1. The lowest BCUT2D eigenvalue weighted by atomic mass is 9.74. The van der Waals surface area contributed by atoms with Crippen LogP contribution in [0.5, 0.6) is 0 Å². The maximum absolute atomic E-state index is 14.0. The highest BCUT2D eigenvalue weighted by Gasteiger charge is 2.51. The Bertz CT molecular complexity index is 856. The number of Topliss-reactive ketones (excluding diaryl/α,β-unsaturated/α-hetero) is 1. The first-order chi connectivity index (χ1) is 19.0. The predicted molar refractivity (Wildman–Crippen MR) is 154 cm³/mol. The van der Waals surface area contributed by atoms with Crippen LogP contribution < -0.4 is 0 Å². The van der Waals surface area contributed by atoms with E-state index in [9.17, 15) is 24.9 Å². The van der Waals surface area contributed by atoms with Crippen molar-refractivity contribution in [3.8, 4) is 0 Å². The van der Waals surface area contributed by atoms with E-state index in [1.54, 1.807) is 14.0 Å². The van der Waals surface area contributed by atoms with E-state index in [2.05, 4.69) is 6.92 Å². The van der Waals surface area contributed by atoms with Gasteiger partial charge in [-0.25, -0.2) is 0 Å². The number of aliphatic hydroxyl groups is 3. The summed E-state index contributed by atoms with van der Waals surface area (Å²) in [5.41, 5.74) is -2.52. The lowest BCUT2D eigenvalue weighted by molar-refractivity contribution is -0.295. The summed E-state index contributed by atoms with van der Waals surface area (Å²) >= 11 is 0. The van der Waals surface area contributed by atoms with E-state index < -0.39 is 53.5 Å². The molecule has 2 fully saturated rings. The Morgan fingerprint density at radius 1 is 1.17 bits per heavy atom. The summed E-state index contributed by atoms with van der Waals surface area (Å²) < 4.78 is 24.5. The van der Waals surface area contributed by atoms with Gasteiger partial charge in [-0.05, 0) is 73.5 Å². The molecule has 2 rings (SSSR count). The van der Waals surface area contributed by atoms with Crippen LogP contribution >= 0.6 is 0 Å². The highest BCUT2D eigenvalue weighted by Crippen LogP contribution is 2.38. The van der Waals surface area contributed by atoms with Gasteiger partial charge in [0, 0.05) is 32.2 Å². The average molecular weight is 589 g/mol. The first-order valence-corrected chi connectivity index (χ1v) is 15.0.